The Labute approximate surface area is 462 Å². The van der Waals surface area contributed by atoms with Gasteiger partial charge in [-0.2, -0.15) is 11.8 Å². The number of amides is 7. The Morgan fingerprint density at radius 2 is 1.22 bits per heavy atom. The summed E-state index contributed by atoms with van der Waals surface area (Å²) in [5.41, 5.74) is -0.424. The van der Waals surface area contributed by atoms with Crippen molar-refractivity contribution in [3.8, 4) is 0 Å². The van der Waals surface area contributed by atoms with E-state index >= 15 is 4.39 Å². The molecule has 4 rings (SSSR count). The number of allylic oxidation sites excluding steroid dienone is 4. The van der Waals surface area contributed by atoms with Crippen molar-refractivity contribution in [2.24, 2.45) is 52.1 Å². The zero-order valence-electron chi connectivity index (χ0n) is 47.1. The standard InChI is InChI=1S/C55H88FN7O14S/c1-32(2)25-61(48(73)16-21-78-31-44(69)55(77)35(7)22-39-38-11-10-36-23-37(67)12-17-52(36,8)54(38,56)43(68)24-53(39,55)9)28-45(70)59-41(14-19-65)50(75)63(27-34(5)6)30-47(72)60-42(15-20-66)51(76)62(26-33(3)4)29-46(71)58-40(13-18-64)49(57)74/h12,17,23,32-35,38-43,64-66,68,77H,10-11,13-16,18-22,24-31H2,1-9H3,(H2,57,74)(H,58,71)(H,59,70)(H,60,72)/t35-,38+,39+,40+,41+,42+,43+,52+,53+,54+,55+/m1/s1. The number of ketones is 2. The first-order chi connectivity index (χ1) is 36.4. The van der Waals surface area contributed by atoms with E-state index in [1.54, 1.807) is 54.5 Å². The van der Waals surface area contributed by atoms with Crippen LogP contribution in [0.15, 0.2) is 23.8 Å². The maximum absolute atomic E-state index is 17.7. The van der Waals surface area contributed by atoms with E-state index in [1.165, 1.54) is 17.1 Å². The van der Waals surface area contributed by atoms with Crippen LogP contribution in [-0.4, -0.2) is 199 Å². The maximum Gasteiger partial charge on any atom is 0.245 e. The molecule has 0 radical (unpaired) electrons. The lowest BCUT2D eigenvalue weighted by atomic mass is 9.44. The average molecular weight is 1120 g/mol. The molecule has 0 aromatic carbocycles. The van der Waals surface area contributed by atoms with E-state index in [-0.39, 0.29) is 86.8 Å². The fourth-order valence-corrected chi connectivity index (χ4v) is 13.5. The fourth-order valence-electron chi connectivity index (χ4n) is 12.6. The molecule has 4 aliphatic carbocycles. The summed E-state index contributed by atoms with van der Waals surface area (Å²) < 4.78 is 17.7. The van der Waals surface area contributed by atoms with Gasteiger partial charge in [-0.05, 0) is 93.6 Å². The van der Waals surface area contributed by atoms with E-state index in [4.69, 9.17) is 5.73 Å². The third kappa shape index (κ3) is 14.9. The van der Waals surface area contributed by atoms with Crippen molar-refractivity contribution < 1.29 is 73.1 Å². The van der Waals surface area contributed by atoms with E-state index < -0.39 is 151 Å². The van der Waals surface area contributed by atoms with Crippen LogP contribution in [0.1, 0.15) is 114 Å². The molecule has 4 aliphatic rings. The number of carbonyl (C=O) groups is 9. The van der Waals surface area contributed by atoms with Crippen LogP contribution in [0, 0.1) is 46.3 Å². The van der Waals surface area contributed by atoms with Gasteiger partial charge in [-0.3, -0.25) is 43.2 Å². The number of rotatable bonds is 30. The zero-order chi connectivity index (χ0) is 58.7. The summed E-state index contributed by atoms with van der Waals surface area (Å²) in [5, 5.41) is 61.0. The van der Waals surface area contributed by atoms with Crippen LogP contribution in [-0.2, 0) is 43.2 Å². The summed E-state index contributed by atoms with van der Waals surface area (Å²) >= 11 is 1.13. The Morgan fingerprint density at radius 3 is 1.69 bits per heavy atom. The molecule has 0 aromatic rings. The normalized spacial score (nSPS) is 27.4. The van der Waals surface area contributed by atoms with Gasteiger partial charge in [0.1, 0.15) is 23.7 Å². The number of aliphatic hydroxyl groups is 5. The van der Waals surface area contributed by atoms with Gasteiger partial charge in [0.15, 0.2) is 17.2 Å². The van der Waals surface area contributed by atoms with Gasteiger partial charge in [0, 0.05) is 68.4 Å². The SMILES string of the molecule is CC(C)CN(CC(=O)N[C@@H](CCO)C(=O)N(CC(=O)N[C@@H](CCO)C(=O)N(CC(=O)N[C@@H](CCO)C(N)=O)CC(C)C)CC(C)C)C(=O)CCSCC(=O)[C@@]1(O)[C@H](C)C[C@H]2[C@@H]3CCC4=CC(=O)C=C[C@]4(C)[C@@]3(F)[C@@H](O)C[C@@]21C. The number of fused-ring (bicyclic) bond motifs is 5. The predicted molar refractivity (Wildman–Crippen MR) is 289 cm³/mol. The number of thioether (sulfide) groups is 1. The number of aliphatic hydroxyl groups excluding tert-OH is 4. The third-order valence-electron chi connectivity index (χ3n) is 16.3. The molecule has 21 nitrogen and oxygen atoms in total. The number of primary amides is 1. The number of hydrogen-bond acceptors (Lipinski definition) is 15. The Balaban J connectivity index is 1.39. The van der Waals surface area contributed by atoms with E-state index in [0.717, 1.165) is 21.6 Å². The Kier molecular flexibility index (Phi) is 23.6. The topological polar surface area (TPSA) is 327 Å². The van der Waals surface area contributed by atoms with E-state index in [0.29, 0.717) is 24.8 Å². The first kappa shape index (κ1) is 65.7. The monoisotopic (exact) mass is 1120 g/mol. The first-order valence-corrected chi connectivity index (χ1v) is 28.6. The second-order valence-corrected chi connectivity index (χ2v) is 24.7. The number of nitrogens with one attached hydrogen (secondary N) is 3. The molecule has 0 bridgehead atoms. The van der Waals surface area contributed by atoms with Crippen LogP contribution in [0.3, 0.4) is 0 Å². The molecule has 10 N–H and O–H groups in total. The Bertz CT molecular complexity index is 2270. The van der Waals surface area contributed by atoms with Crippen molar-refractivity contribution in [1.82, 2.24) is 30.7 Å². The zero-order valence-corrected chi connectivity index (χ0v) is 47.9. The van der Waals surface area contributed by atoms with Crippen LogP contribution in [0.4, 0.5) is 4.39 Å². The minimum atomic E-state index is -2.12. The largest absolute Gasteiger partial charge is 0.396 e. The average Bonchev–Trinajstić information content (AvgIpc) is 3.66. The summed E-state index contributed by atoms with van der Waals surface area (Å²) in [6.07, 6.45) is 3.05. The molecule has 0 spiro atoms. The highest BCUT2D eigenvalue weighted by Gasteiger charge is 2.75. The predicted octanol–water partition coefficient (Wildman–Crippen LogP) is 0.567. The highest BCUT2D eigenvalue weighted by atomic mass is 32.2. The van der Waals surface area contributed by atoms with Gasteiger partial charge in [0.2, 0.25) is 41.4 Å². The van der Waals surface area contributed by atoms with Crippen molar-refractivity contribution in [3.63, 3.8) is 0 Å². The number of Topliss-reactive ketones (excluding diaryl/α,β-unsaturated/α-hetero) is 1. The van der Waals surface area contributed by atoms with E-state index in [1.807, 2.05) is 13.8 Å². The molecule has 0 aromatic heterocycles. The summed E-state index contributed by atoms with van der Waals surface area (Å²) in [6.45, 7) is 13.1. The Hall–Kier alpha value is -4.81. The van der Waals surface area contributed by atoms with Gasteiger partial charge >= 0.3 is 0 Å². The van der Waals surface area contributed by atoms with E-state index in [9.17, 15) is 68.7 Å². The molecule has 78 heavy (non-hydrogen) atoms. The smallest absolute Gasteiger partial charge is 0.245 e. The number of halogens is 1. The van der Waals surface area contributed by atoms with Gasteiger partial charge in [0.25, 0.3) is 0 Å². The van der Waals surface area contributed by atoms with Crippen LogP contribution < -0.4 is 21.7 Å². The number of hydrogen-bond donors (Lipinski definition) is 9. The number of nitrogens with two attached hydrogens (primary N) is 1. The van der Waals surface area contributed by atoms with Gasteiger partial charge in [0.05, 0.1) is 31.5 Å². The van der Waals surface area contributed by atoms with Gasteiger partial charge < -0.3 is 61.9 Å². The lowest BCUT2D eigenvalue weighted by molar-refractivity contribution is -0.218. The number of nitrogens with zero attached hydrogens (tertiary/aromatic N) is 3. The molecular formula is C55H88FN7O14S. The van der Waals surface area contributed by atoms with Crippen LogP contribution >= 0.6 is 11.8 Å². The molecule has 0 aliphatic heterocycles. The molecule has 23 heteroatoms. The third-order valence-corrected chi connectivity index (χ3v) is 17.2. The van der Waals surface area contributed by atoms with Gasteiger partial charge in [-0.1, -0.05) is 67.0 Å². The quantitative estimate of drug-likeness (QED) is 0.0444. The molecule has 3 saturated carbocycles. The van der Waals surface area contributed by atoms with Crippen molar-refractivity contribution in [2.75, 3.05) is 70.6 Å². The second kappa shape index (κ2) is 28.1. The van der Waals surface area contributed by atoms with Crippen molar-refractivity contribution >= 4 is 64.7 Å². The molecule has 7 amide bonds. The molecule has 3 fully saturated rings. The maximum atomic E-state index is 17.7. The summed E-state index contributed by atoms with van der Waals surface area (Å²) in [7, 11) is 0. The fraction of sp³-hybridized carbons (Fsp3) is 0.764. The minimum absolute atomic E-state index is 0.00613. The number of alkyl halides is 1. The van der Waals surface area contributed by atoms with Crippen LogP contribution in [0.5, 0.6) is 0 Å². The van der Waals surface area contributed by atoms with Crippen molar-refractivity contribution in [2.45, 2.75) is 149 Å². The second-order valence-electron chi connectivity index (χ2n) is 23.6. The van der Waals surface area contributed by atoms with Gasteiger partial charge in [-0.15, -0.1) is 0 Å². The summed E-state index contributed by atoms with van der Waals surface area (Å²) in [6, 6.07) is -3.90. The van der Waals surface area contributed by atoms with Crippen molar-refractivity contribution in [3.05, 3.63) is 23.8 Å². The highest BCUT2D eigenvalue weighted by Crippen LogP contribution is 2.70. The molecule has 0 heterocycles. The van der Waals surface area contributed by atoms with E-state index in [2.05, 4.69) is 16.0 Å². The lowest BCUT2D eigenvalue weighted by Gasteiger charge is -2.62. The summed E-state index contributed by atoms with van der Waals surface area (Å²) in [4.78, 5) is 124. The van der Waals surface area contributed by atoms with Crippen molar-refractivity contribution in [1.29, 1.82) is 0 Å². The first-order valence-electron chi connectivity index (χ1n) is 27.4. The molecular weight excluding hydrogens is 1030 g/mol. The molecule has 440 valence electrons. The van der Waals surface area contributed by atoms with Crippen LogP contribution in [0.2, 0.25) is 0 Å². The molecule has 0 saturated heterocycles. The lowest BCUT2D eigenvalue weighted by Crippen LogP contribution is -2.69. The number of carbonyl (C=O) groups excluding carboxylic acids is 9. The molecule has 11 atom stereocenters. The summed E-state index contributed by atoms with van der Waals surface area (Å²) in [5.74, 6) is -7.97. The van der Waals surface area contributed by atoms with Gasteiger partial charge in [-0.25, -0.2) is 4.39 Å². The van der Waals surface area contributed by atoms with Crippen LogP contribution in [0.25, 0.3) is 0 Å². The Morgan fingerprint density at radius 1 is 0.756 bits per heavy atom. The highest BCUT2D eigenvalue weighted by molar-refractivity contribution is 7.99. The minimum Gasteiger partial charge on any atom is -0.396 e. The molecule has 0 unspecified atom stereocenters.